The molecule has 0 aromatic heterocycles. The summed E-state index contributed by atoms with van der Waals surface area (Å²) in [5.74, 6) is 1.02. The first-order valence-corrected chi connectivity index (χ1v) is 7.87. The van der Waals surface area contributed by atoms with Crippen LogP contribution in [0.5, 0.6) is 5.75 Å². The third kappa shape index (κ3) is 3.97. The molecule has 0 bridgehead atoms. The highest BCUT2D eigenvalue weighted by Crippen LogP contribution is 2.26. The molecule has 2 rings (SSSR count). The average molecular weight is 276 g/mol. The van der Waals surface area contributed by atoms with Crippen molar-refractivity contribution in [1.82, 2.24) is 10.2 Å². The topological polar surface area (TPSA) is 24.5 Å². The highest BCUT2D eigenvalue weighted by atomic mass is 16.5. The van der Waals surface area contributed by atoms with Crippen LogP contribution in [0.3, 0.4) is 0 Å². The molecule has 112 valence electrons. The van der Waals surface area contributed by atoms with E-state index in [1.165, 1.54) is 43.5 Å². The van der Waals surface area contributed by atoms with E-state index in [0.29, 0.717) is 6.04 Å². The number of methoxy groups -OCH3 is 1. The molecule has 3 heteroatoms. The number of hydrogen-bond acceptors (Lipinski definition) is 3. The molecule has 0 radical (unpaired) electrons. The van der Waals surface area contributed by atoms with E-state index in [0.717, 1.165) is 18.8 Å². The van der Waals surface area contributed by atoms with Crippen molar-refractivity contribution >= 4 is 0 Å². The van der Waals surface area contributed by atoms with Gasteiger partial charge < -0.3 is 10.1 Å². The van der Waals surface area contributed by atoms with Gasteiger partial charge in [-0.1, -0.05) is 13.0 Å². The van der Waals surface area contributed by atoms with Crippen LogP contribution in [-0.2, 0) is 6.54 Å². The number of likely N-dealkylation sites (tertiary alicyclic amines) is 1. The van der Waals surface area contributed by atoms with Crippen molar-refractivity contribution in [1.29, 1.82) is 0 Å². The lowest BCUT2D eigenvalue weighted by molar-refractivity contribution is 0.320. The van der Waals surface area contributed by atoms with Crippen LogP contribution < -0.4 is 10.1 Å². The van der Waals surface area contributed by atoms with Crippen molar-refractivity contribution in [3.8, 4) is 5.75 Å². The predicted octanol–water partition coefficient (Wildman–Crippen LogP) is 3.35. The molecule has 1 aliphatic rings. The van der Waals surface area contributed by atoms with Gasteiger partial charge in [0.25, 0.3) is 0 Å². The van der Waals surface area contributed by atoms with E-state index in [2.05, 4.69) is 42.3 Å². The maximum absolute atomic E-state index is 5.52. The molecule has 1 unspecified atom stereocenters. The summed E-state index contributed by atoms with van der Waals surface area (Å²) in [7, 11) is 1.77. The molecule has 1 N–H and O–H groups in total. The fourth-order valence-corrected chi connectivity index (χ4v) is 2.85. The molecule has 0 spiro atoms. The van der Waals surface area contributed by atoms with Crippen molar-refractivity contribution in [3.63, 3.8) is 0 Å². The minimum absolute atomic E-state index is 0.401. The summed E-state index contributed by atoms with van der Waals surface area (Å²) in [5, 5.41) is 3.55. The van der Waals surface area contributed by atoms with Crippen molar-refractivity contribution in [3.05, 3.63) is 29.3 Å². The maximum atomic E-state index is 5.52. The third-order valence-electron chi connectivity index (χ3n) is 4.10. The molecule has 1 aromatic rings. The highest BCUT2D eigenvalue weighted by Gasteiger charge is 2.15. The quantitative estimate of drug-likeness (QED) is 0.826. The Morgan fingerprint density at radius 1 is 1.30 bits per heavy atom. The molecule has 1 heterocycles. The number of hydrogen-bond donors (Lipinski definition) is 1. The Morgan fingerprint density at radius 2 is 2.05 bits per heavy atom. The normalized spacial score (nSPS) is 17.4. The van der Waals surface area contributed by atoms with Gasteiger partial charge in [-0.15, -0.1) is 0 Å². The summed E-state index contributed by atoms with van der Waals surface area (Å²) in [6.45, 7) is 8.95. The van der Waals surface area contributed by atoms with Crippen LogP contribution in [0, 0.1) is 0 Å². The smallest absolute Gasteiger partial charge is 0.123 e. The SMILES string of the molecule is CCCNC(C)c1ccc(OC)c(CN2CCCC2)c1. The van der Waals surface area contributed by atoms with Gasteiger partial charge in [0.2, 0.25) is 0 Å². The Labute approximate surface area is 123 Å². The van der Waals surface area contributed by atoms with Crippen molar-refractivity contribution in [2.24, 2.45) is 0 Å². The first-order chi connectivity index (χ1) is 9.74. The molecule has 0 aliphatic carbocycles. The number of benzene rings is 1. The van der Waals surface area contributed by atoms with Gasteiger partial charge in [0.15, 0.2) is 0 Å². The average Bonchev–Trinajstić information content (AvgIpc) is 2.97. The lowest BCUT2D eigenvalue weighted by Crippen LogP contribution is -2.21. The fourth-order valence-electron chi connectivity index (χ4n) is 2.85. The minimum Gasteiger partial charge on any atom is -0.496 e. The zero-order valence-electron chi connectivity index (χ0n) is 13.1. The summed E-state index contributed by atoms with van der Waals surface area (Å²) in [6, 6.07) is 7.01. The molecule has 1 aliphatic heterocycles. The zero-order chi connectivity index (χ0) is 14.4. The number of rotatable bonds is 7. The van der Waals surface area contributed by atoms with E-state index in [9.17, 15) is 0 Å². The molecule has 3 nitrogen and oxygen atoms in total. The van der Waals surface area contributed by atoms with Crippen LogP contribution >= 0.6 is 0 Å². The Balaban J connectivity index is 2.10. The Kier molecular flexibility index (Phi) is 5.86. The molecule has 1 atom stereocenters. The van der Waals surface area contributed by atoms with Crippen LogP contribution in [0.1, 0.15) is 50.3 Å². The number of nitrogens with one attached hydrogen (secondary N) is 1. The second kappa shape index (κ2) is 7.65. The number of nitrogens with zero attached hydrogens (tertiary/aromatic N) is 1. The standard InChI is InChI=1S/C17H28N2O/c1-4-9-18-14(2)15-7-8-17(20-3)16(12-15)13-19-10-5-6-11-19/h7-8,12,14,18H,4-6,9-11,13H2,1-3H3. The van der Waals surface area contributed by atoms with E-state index in [-0.39, 0.29) is 0 Å². The first kappa shape index (κ1) is 15.3. The van der Waals surface area contributed by atoms with E-state index < -0.39 is 0 Å². The Morgan fingerprint density at radius 3 is 2.70 bits per heavy atom. The molecule has 0 amide bonds. The van der Waals surface area contributed by atoms with Crippen molar-refractivity contribution in [2.75, 3.05) is 26.7 Å². The van der Waals surface area contributed by atoms with E-state index in [1.807, 2.05) is 0 Å². The van der Waals surface area contributed by atoms with Gasteiger partial charge in [-0.3, -0.25) is 4.90 Å². The van der Waals surface area contributed by atoms with Crippen molar-refractivity contribution in [2.45, 2.75) is 45.7 Å². The van der Waals surface area contributed by atoms with Gasteiger partial charge in [-0.05, 0) is 63.5 Å². The monoisotopic (exact) mass is 276 g/mol. The fraction of sp³-hybridized carbons (Fsp3) is 0.647. The number of ether oxygens (including phenoxy) is 1. The summed E-state index contributed by atoms with van der Waals surface area (Å²) >= 11 is 0. The second-order valence-electron chi connectivity index (χ2n) is 5.73. The van der Waals surface area contributed by atoms with Gasteiger partial charge in [0, 0.05) is 18.2 Å². The van der Waals surface area contributed by atoms with E-state index in [1.54, 1.807) is 7.11 Å². The Hall–Kier alpha value is -1.06. The zero-order valence-corrected chi connectivity index (χ0v) is 13.1. The summed E-state index contributed by atoms with van der Waals surface area (Å²) in [6.07, 6.45) is 3.83. The second-order valence-corrected chi connectivity index (χ2v) is 5.73. The van der Waals surface area contributed by atoms with Gasteiger partial charge >= 0.3 is 0 Å². The van der Waals surface area contributed by atoms with Crippen LogP contribution in [0.2, 0.25) is 0 Å². The maximum Gasteiger partial charge on any atom is 0.123 e. The Bertz CT molecular complexity index is 413. The summed E-state index contributed by atoms with van der Waals surface area (Å²) in [5.41, 5.74) is 2.67. The van der Waals surface area contributed by atoms with Crippen molar-refractivity contribution < 1.29 is 4.74 Å². The van der Waals surface area contributed by atoms with E-state index in [4.69, 9.17) is 4.74 Å². The summed E-state index contributed by atoms with van der Waals surface area (Å²) < 4.78 is 5.52. The van der Waals surface area contributed by atoms with E-state index >= 15 is 0 Å². The molecule has 1 aromatic carbocycles. The molecular weight excluding hydrogens is 248 g/mol. The van der Waals surface area contributed by atoms with Gasteiger partial charge in [-0.2, -0.15) is 0 Å². The van der Waals surface area contributed by atoms with Crippen LogP contribution in [0.15, 0.2) is 18.2 Å². The molecule has 20 heavy (non-hydrogen) atoms. The van der Waals surface area contributed by atoms with Crippen LogP contribution in [0.25, 0.3) is 0 Å². The molecule has 1 fully saturated rings. The lowest BCUT2D eigenvalue weighted by atomic mass is 10.0. The minimum atomic E-state index is 0.401. The first-order valence-electron chi connectivity index (χ1n) is 7.87. The van der Waals surface area contributed by atoms with Crippen LogP contribution in [0.4, 0.5) is 0 Å². The highest BCUT2D eigenvalue weighted by molar-refractivity contribution is 5.38. The molecule has 0 saturated carbocycles. The van der Waals surface area contributed by atoms with Gasteiger partial charge in [0.1, 0.15) is 5.75 Å². The summed E-state index contributed by atoms with van der Waals surface area (Å²) in [4.78, 5) is 2.52. The van der Waals surface area contributed by atoms with Gasteiger partial charge in [-0.25, -0.2) is 0 Å². The lowest BCUT2D eigenvalue weighted by Gasteiger charge is -2.20. The van der Waals surface area contributed by atoms with Gasteiger partial charge in [0.05, 0.1) is 7.11 Å². The third-order valence-corrected chi connectivity index (χ3v) is 4.10. The molecular formula is C17H28N2O. The largest absolute Gasteiger partial charge is 0.496 e. The van der Waals surface area contributed by atoms with Crippen LogP contribution in [-0.4, -0.2) is 31.6 Å². The molecule has 1 saturated heterocycles. The predicted molar refractivity (Wildman–Crippen MR) is 84.2 cm³/mol.